The van der Waals surface area contributed by atoms with Gasteiger partial charge in [0, 0.05) is 10.7 Å². The molecule has 3 rings (SSSR count). The molecule has 0 radical (unpaired) electrons. The molecule has 0 aliphatic heterocycles. The number of hydrogen-bond donors (Lipinski definition) is 2. The minimum Gasteiger partial charge on any atom is -0.490 e. The number of carbonyl (C=O) groups excluding carboxylic acids is 2. The quantitative estimate of drug-likeness (QED) is 0.240. The summed E-state index contributed by atoms with van der Waals surface area (Å²) >= 11 is 5.92. The highest BCUT2D eigenvalue weighted by Gasteiger charge is 2.10. The number of para-hydroxylation sites is 1. The van der Waals surface area contributed by atoms with Gasteiger partial charge < -0.3 is 14.8 Å². The molecule has 2 amide bonds. The molecule has 3 aromatic carbocycles. The summed E-state index contributed by atoms with van der Waals surface area (Å²) in [6.07, 6.45) is 1.13. The highest BCUT2D eigenvalue weighted by atomic mass is 35.5. The second kappa shape index (κ2) is 12.4. The molecular formula is C26H26ClN3O4. The van der Waals surface area contributed by atoms with Crippen LogP contribution in [0, 0.1) is 6.92 Å². The lowest BCUT2D eigenvalue weighted by molar-refractivity contribution is -0.126. The lowest BCUT2D eigenvalue weighted by atomic mass is 10.2. The minimum absolute atomic E-state index is 0.340. The van der Waals surface area contributed by atoms with Crippen LogP contribution in [0.3, 0.4) is 0 Å². The Kier molecular flexibility index (Phi) is 9.05. The molecule has 176 valence electrons. The van der Waals surface area contributed by atoms with E-state index < -0.39 is 11.8 Å². The molecule has 0 atom stereocenters. The van der Waals surface area contributed by atoms with Gasteiger partial charge in [0.1, 0.15) is 13.0 Å². The summed E-state index contributed by atoms with van der Waals surface area (Å²) < 4.78 is 11.6. The third kappa shape index (κ3) is 7.64. The van der Waals surface area contributed by atoms with Crippen molar-refractivity contribution in [3.8, 4) is 11.5 Å². The number of hydrazone groups is 1. The van der Waals surface area contributed by atoms with E-state index in [0.29, 0.717) is 41.0 Å². The normalized spacial score (nSPS) is 10.7. The lowest BCUT2D eigenvalue weighted by Gasteiger charge is -2.12. The van der Waals surface area contributed by atoms with E-state index in [-0.39, 0.29) is 6.42 Å². The van der Waals surface area contributed by atoms with Crippen molar-refractivity contribution >= 4 is 35.3 Å². The lowest BCUT2D eigenvalue weighted by Crippen LogP contribution is -2.24. The van der Waals surface area contributed by atoms with Crippen LogP contribution in [0.2, 0.25) is 5.02 Å². The van der Waals surface area contributed by atoms with E-state index in [2.05, 4.69) is 15.8 Å². The first kappa shape index (κ1) is 24.8. The number of nitrogens with zero attached hydrogens (tertiary/aromatic N) is 1. The van der Waals surface area contributed by atoms with Crippen LogP contribution >= 0.6 is 11.6 Å². The van der Waals surface area contributed by atoms with E-state index in [1.807, 2.05) is 56.3 Å². The Morgan fingerprint density at radius 2 is 1.74 bits per heavy atom. The van der Waals surface area contributed by atoms with E-state index in [1.54, 1.807) is 24.3 Å². The molecule has 8 heteroatoms. The Morgan fingerprint density at radius 3 is 2.47 bits per heavy atom. The first-order chi connectivity index (χ1) is 16.4. The molecule has 34 heavy (non-hydrogen) atoms. The number of benzene rings is 3. The highest BCUT2D eigenvalue weighted by Crippen LogP contribution is 2.29. The summed E-state index contributed by atoms with van der Waals surface area (Å²) in [5.74, 6) is 0.216. The maximum Gasteiger partial charge on any atom is 0.249 e. The molecule has 0 aliphatic rings. The fourth-order valence-corrected chi connectivity index (χ4v) is 3.13. The van der Waals surface area contributed by atoms with Crippen molar-refractivity contribution in [1.29, 1.82) is 0 Å². The first-order valence-electron chi connectivity index (χ1n) is 10.8. The maximum atomic E-state index is 12.1. The standard InChI is InChI=1S/C26H26ClN3O4/c1-3-33-24-14-20(10-13-23(24)34-17-19-8-11-21(27)12-9-19)16-28-30-26(32)15-25(31)29-22-7-5-4-6-18(22)2/h4-14,16H,3,15,17H2,1-2H3,(H,29,31)(H,30,32). The smallest absolute Gasteiger partial charge is 0.249 e. The number of aryl methyl sites for hydroxylation is 1. The van der Waals surface area contributed by atoms with Gasteiger partial charge in [-0.2, -0.15) is 5.10 Å². The minimum atomic E-state index is -0.518. The number of amides is 2. The zero-order valence-electron chi connectivity index (χ0n) is 19.0. The number of halogens is 1. The molecule has 0 heterocycles. The van der Waals surface area contributed by atoms with Gasteiger partial charge >= 0.3 is 0 Å². The van der Waals surface area contributed by atoms with Crippen LogP contribution in [-0.4, -0.2) is 24.6 Å². The van der Waals surface area contributed by atoms with Gasteiger partial charge in [-0.3, -0.25) is 9.59 Å². The molecule has 0 bridgehead atoms. The fraction of sp³-hybridized carbons (Fsp3) is 0.192. The van der Waals surface area contributed by atoms with Crippen molar-refractivity contribution in [3.05, 3.63) is 88.4 Å². The van der Waals surface area contributed by atoms with Crippen LogP contribution in [0.4, 0.5) is 5.69 Å². The van der Waals surface area contributed by atoms with Crippen molar-refractivity contribution in [3.63, 3.8) is 0 Å². The van der Waals surface area contributed by atoms with Gasteiger partial charge in [0.05, 0.1) is 12.8 Å². The molecule has 0 unspecified atom stereocenters. The van der Waals surface area contributed by atoms with E-state index in [4.69, 9.17) is 21.1 Å². The summed E-state index contributed by atoms with van der Waals surface area (Å²) in [6.45, 7) is 4.59. The van der Waals surface area contributed by atoms with Crippen LogP contribution in [0.15, 0.2) is 71.8 Å². The van der Waals surface area contributed by atoms with Crippen LogP contribution in [0.5, 0.6) is 11.5 Å². The largest absolute Gasteiger partial charge is 0.490 e. The molecule has 0 aliphatic carbocycles. The third-order valence-electron chi connectivity index (χ3n) is 4.72. The molecule has 0 spiro atoms. The van der Waals surface area contributed by atoms with Gasteiger partial charge in [-0.25, -0.2) is 5.43 Å². The zero-order chi connectivity index (χ0) is 24.3. The van der Waals surface area contributed by atoms with E-state index in [0.717, 1.165) is 11.1 Å². The Morgan fingerprint density at radius 1 is 0.971 bits per heavy atom. The topological polar surface area (TPSA) is 89.0 Å². The number of ether oxygens (including phenoxy) is 2. The Labute approximate surface area is 203 Å². The molecule has 0 aromatic heterocycles. The molecule has 2 N–H and O–H groups in total. The summed E-state index contributed by atoms with van der Waals surface area (Å²) in [7, 11) is 0. The van der Waals surface area contributed by atoms with Gasteiger partial charge in [0.25, 0.3) is 0 Å². The average Bonchev–Trinajstić information content (AvgIpc) is 2.81. The number of anilines is 1. The Balaban J connectivity index is 1.54. The number of carbonyl (C=O) groups is 2. The van der Waals surface area contributed by atoms with E-state index >= 15 is 0 Å². The summed E-state index contributed by atoms with van der Waals surface area (Å²) in [5.41, 5.74) is 5.63. The summed E-state index contributed by atoms with van der Waals surface area (Å²) in [4.78, 5) is 24.1. The predicted molar refractivity (Wildman–Crippen MR) is 134 cm³/mol. The second-order valence-electron chi connectivity index (χ2n) is 7.39. The van der Waals surface area contributed by atoms with Crippen molar-refractivity contribution in [1.82, 2.24) is 5.43 Å². The van der Waals surface area contributed by atoms with Crippen molar-refractivity contribution in [2.45, 2.75) is 26.9 Å². The van der Waals surface area contributed by atoms with Gasteiger partial charge in [0.15, 0.2) is 11.5 Å². The van der Waals surface area contributed by atoms with Crippen LogP contribution in [0.1, 0.15) is 30.0 Å². The van der Waals surface area contributed by atoms with Gasteiger partial charge in [-0.1, -0.05) is 41.9 Å². The average molecular weight is 480 g/mol. The molecule has 7 nitrogen and oxygen atoms in total. The van der Waals surface area contributed by atoms with Gasteiger partial charge in [-0.15, -0.1) is 0 Å². The third-order valence-corrected chi connectivity index (χ3v) is 4.97. The Bertz CT molecular complexity index is 1160. The molecular weight excluding hydrogens is 454 g/mol. The van der Waals surface area contributed by atoms with Crippen molar-refractivity contribution in [2.75, 3.05) is 11.9 Å². The fourth-order valence-electron chi connectivity index (χ4n) is 3.01. The SMILES string of the molecule is CCOc1cc(C=NNC(=O)CC(=O)Nc2ccccc2C)ccc1OCc1ccc(Cl)cc1. The summed E-state index contributed by atoms with van der Waals surface area (Å²) in [5, 5.41) is 7.32. The van der Waals surface area contributed by atoms with Gasteiger partial charge in [-0.05, 0) is 66.9 Å². The molecule has 3 aromatic rings. The predicted octanol–water partition coefficient (Wildman–Crippen LogP) is 5.11. The second-order valence-corrected chi connectivity index (χ2v) is 7.82. The zero-order valence-corrected chi connectivity index (χ0v) is 19.8. The first-order valence-corrected chi connectivity index (χ1v) is 11.1. The van der Waals surface area contributed by atoms with E-state index in [9.17, 15) is 9.59 Å². The highest BCUT2D eigenvalue weighted by molar-refractivity contribution is 6.30. The molecule has 0 saturated heterocycles. The number of rotatable bonds is 10. The van der Waals surface area contributed by atoms with Crippen LogP contribution in [0.25, 0.3) is 0 Å². The molecule has 0 fully saturated rings. The van der Waals surface area contributed by atoms with E-state index in [1.165, 1.54) is 6.21 Å². The Hall–Kier alpha value is -3.84. The van der Waals surface area contributed by atoms with Crippen LogP contribution < -0.4 is 20.2 Å². The van der Waals surface area contributed by atoms with Crippen molar-refractivity contribution in [2.24, 2.45) is 5.10 Å². The molecule has 0 saturated carbocycles. The number of hydrogen-bond acceptors (Lipinski definition) is 5. The summed E-state index contributed by atoms with van der Waals surface area (Å²) in [6, 6.07) is 20.1. The monoisotopic (exact) mass is 479 g/mol. The van der Waals surface area contributed by atoms with Crippen LogP contribution in [-0.2, 0) is 16.2 Å². The van der Waals surface area contributed by atoms with Crippen molar-refractivity contribution < 1.29 is 19.1 Å². The maximum absolute atomic E-state index is 12.1. The number of nitrogens with one attached hydrogen (secondary N) is 2. The van der Waals surface area contributed by atoms with Gasteiger partial charge in [0.2, 0.25) is 11.8 Å².